The van der Waals surface area contributed by atoms with Crippen LogP contribution < -0.4 is 10.2 Å². The summed E-state index contributed by atoms with van der Waals surface area (Å²) in [5.41, 5.74) is 0. The van der Waals surface area contributed by atoms with Crippen molar-refractivity contribution in [2.75, 3.05) is 36.5 Å². The van der Waals surface area contributed by atoms with Crippen LogP contribution in [0, 0.1) is 0 Å². The molecule has 102 valence electrons. The van der Waals surface area contributed by atoms with Crippen molar-refractivity contribution in [3.63, 3.8) is 0 Å². The predicted molar refractivity (Wildman–Crippen MR) is 75.3 cm³/mol. The van der Waals surface area contributed by atoms with Crippen LogP contribution in [0.5, 0.6) is 0 Å². The van der Waals surface area contributed by atoms with Crippen molar-refractivity contribution in [2.24, 2.45) is 0 Å². The van der Waals surface area contributed by atoms with E-state index < -0.39 is 0 Å². The standard InChI is InChI=1S/C13H24N4O/c1-5-14-11-9-12(17(6-2)7-8-18)16-13(15-11)10(3)4/h9-10,18H,5-8H2,1-4H3,(H,14,15,16). The zero-order chi connectivity index (χ0) is 13.5. The lowest BCUT2D eigenvalue weighted by Crippen LogP contribution is -2.27. The predicted octanol–water partition coefficient (Wildman–Crippen LogP) is 1.85. The highest BCUT2D eigenvalue weighted by Gasteiger charge is 2.11. The first kappa shape index (κ1) is 14.7. The third kappa shape index (κ3) is 3.84. The number of hydrogen-bond donors (Lipinski definition) is 2. The molecule has 18 heavy (non-hydrogen) atoms. The second-order valence-corrected chi connectivity index (χ2v) is 4.46. The fourth-order valence-corrected chi connectivity index (χ4v) is 1.70. The van der Waals surface area contributed by atoms with Crippen molar-refractivity contribution in [1.29, 1.82) is 0 Å². The molecule has 0 spiro atoms. The molecular formula is C13H24N4O. The summed E-state index contributed by atoms with van der Waals surface area (Å²) in [5, 5.41) is 12.3. The molecule has 1 aromatic rings. The van der Waals surface area contributed by atoms with E-state index in [-0.39, 0.29) is 12.5 Å². The lowest BCUT2D eigenvalue weighted by atomic mass is 10.2. The highest BCUT2D eigenvalue weighted by atomic mass is 16.3. The highest BCUT2D eigenvalue weighted by Crippen LogP contribution is 2.19. The lowest BCUT2D eigenvalue weighted by molar-refractivity contribution is 0.302. The Labute approximate surface area is 109 Å². The van der Waals surface area contributed by atoms with Gasteiger partial charge in [-0.15, -0.1) is 0 Å². The summed E-state index contributed by atoms with van der Waals surface area (Å²) in [5.74, 6) is 2.85. The number of likely N-dealkylation sites (N-methyl/N-ethyl adjacent to an activating group) is 1. The van der Waals surface area contributed by atoms with Gasteiger partial charge in [0.1, 0.15) is 17.5 Å². The third-order valence-corrected chi connectivity index (χ3v) is 2.68. The molecule has 0 amide bonds. The number of aliphatic hydroxyl groups is 1. The molecule has 1 heterocycles. The Morgan fingerprint density at radius 2 is 2.06 bits per heavy atom. The van der Waals surface area contributed by atoms with Gasteiger partial charge in [0, 0.05) is 31.6 Å². The molecule has 0 saturated carbocycles. The molecule has 5 heteroatoms. The maximum atomic E-state index is 9.08. The van der Waals surface area contributed by atoms with Gasteiger partial charge in [-0.1, -0.05) is 13.8 Å². The number of nitrogens with one attached hydrogen (secondary N) is 1. The van der Waals surface area contributed by atoms with Crippen molar-refractivity contribution in [3.8, 4) is 0 Å². The molecule has 0 saturated heterocycles. The number of rotatable bonds is 7. The van der Waals surface area contributed by atoms with Crippen LogP contribution in [0.4, 0.5) is 11.6 Å². The van der Waals surface area contributed by atoms with Crippen LogP contribution in [0.2, 0.25) is 0 Å². The van der Waals surface area contributed by atoms with E-state index in [0.29, 0.717) is 6.54 Å². The molecule has 0 fully saturated rings. The second kappa shape index (κ2) is 7.16. The van der Waals surface area contributed by atoms with E-state index in [1.54, 1.807) is 0 Å². The summed E-state index contributed by atoms with van der Waals surface area (Å²) in [6.07, 6.45) is 0. The molecule has 0 aliphatic rings. The molecule has 5 nitrogen and oxygen atoms in total. The Balaban J connectivity index is 3.08. The Kier molecular flexibility index (Phi) is 5.85. The van der Waals surface area contributed by atoms with E-state index in [9.17, 15) is 0 Å². The van der Waals surface area contributed by atoms with Gasteiger partial charge in [0.15, 0.2) is 0 Å². The van der Waals surface area contributed by atoms with Crippen LogP contribution in [-0.4, -0.2) is 41.3 Å². The largest absolute Gasteiger partial charge is 0.395 e. The summed E-state index contributed by atoms with van der Waals surface area (Å²) in [6, 6.07) is 1.94. The van der Waals surface area contributed by atoms with E-state index in [2.05, 4.69) is 41.0 Å². The molecule has 2 N–H and O–H groups in total. The van der Waals surface area contributed by atoms with Gasteiger partial charge in [-0.25, -0.2) is 9.97 Å². The maximum absolute atomic E-state index is 9.08. The average molecular weight is 252 g/mol. The normalized spacial score (nSPS) is 10.8. The topological polar surface area (TPSA) is 61.3 Å². The quantitative estimate of drug-likeness (QED) is 0.775. The molecule has 0 bridgehead atoms. The summed E-state index contributed by atoms with van der Waals surface area (Å²) in [7, 11) is 0. The van der Waals surface area contributed by atoms with Crippen LogP contribution in [0.1, 0.15) is 39.4 Å². The van der Waals surface area contributed by atoms with E-state index >= 15 is 0 Å². The molecule has 0 radical (unpaired) electrons. The Hall–Kier alpha value is -1.36. The Morgan fingerprint density at radius 1 is 1.33 bits per heavy atom. The van der Waals surface area contributed by atoms with Gasteiger partial charge in [-0.2, -0.15) is 0 Å². The van der Waals surface area contributed by atoms with Crippen molar-refractivity contribution in [1.82, 2.24) is 9.97 Å². The lowest BCUT2D eigenvalue weighted by Gasteiger charge is -2.22. The monoisotopic (exact) mass is 252 g/mol. The average Bonchev–Trinajstić information content (AvgIpc) is 2.35. The van der Waals surface area contributed by atoms with Crippen molar-refractivity contribution in [3.05, 3.63) is 11.9 Å². The number of hydrogen-bond acceptors (Lipinski definition) is 5. The van der Waals surface area contributed by atoms with E-state index in [4.69, 9.17) is 5.11 Å². The second-order valence-electron chi connectivity index (χ2n) is 4.46. The molecule has 0 atom stereocenters. The minimum atomic E-state index is 0.130. The van der Waals surface area contributed by atoms with Gasteiger partial charge in [0.2, 0.25) is 0 Å². The summed E-state index contributed by atoms with van der Waals surface area (Å²) in [4.78, 5) is 11.1. The van der Waals surface area contributed by atoms with Gasteiger partial charge in [-0.05, 0) is 13.8 Å². The number of anilines is 2. The maximum Gasteiger partial charge on any atom is 0.135 e. The van der Waals surface area contributed by atoms with Crippen LogP contribution in [0.3, 0.4) is 0 Å². The Bertz CT molecular complexity index is 368. The fourth-order valence-electron chi connectivity index (χ4n) is 1.70. The molecule has 1 aromatic heterocycles. The van der Waals surface area contributed by atoms with Gasteiger partial charge < -0.3 is 15.3 Å². The van der Waals surface area contributed by atoms with Crippen molar-refractivity contribution >= 4 is 11.6 Å². The van der Waals surface area contributed by atoms with Crippen molar-refractivity contribution in [2.45, 2.75) is 33.6 Å². The molecule has 0 aliphatic carbocycles. The van der Waals surface area contributed by atoms with Crippen LogP contribution in [0.25, 0.3) is 0 Å². The minimum Gasteiger partial charge on any atom is -0.395 e. The van der Waals surface area contributed by atoms with E-state index in [0.717, 1.165) is 30.5 Å². The minimum absolute atomic E-state index is 0.130. The first-order chi connectivity index (χ1) is 8.62. The summed E-state index contributed by atoms with van der Waals surface area (Å²) < 4.78 is 0. The van der Waals surface area contributed by atoms with Crippen LogP contribution in [0.15, 0.2) is 6.07 Å². The zero-order valence-electron chi connectivity index (χ0n) is 11.8. The third-order valence-electron chi connectivity index (χ3n) is 2.68. The van der Waals surface area contributed by atoms with E-state index in [1.807, 2.05) is 13.0 Å². The number of aliphatic hydroxyl groups excluding tert-OH is 1. The number of nitrogens with zero attached hydrogens (tertiary/aromatic N) is 3. The smallest absolute Gasteiger partial charge is 0.135 e. The molecule has 0 aliphatic heterocycles. The van der Waals surface area contributed by atoms with Crippen LogP contribution >= 0.6 is 0 Å². The van der Waals surface area contributed by atoms with Gasteiger partial charge in [-0.3, -0.25) is 0 Å². The van der Waals surface area contributed by atoms with Crippen molar-refractivity contribution < 1.29 is 5.11 Å². The molecule has 0 unspecified atom stereocenters. The SMILES string of the molecule is CCNc1cc(N(CC)CCO)nc(C(C)C)n1. The molecule has 1 rings (SSSR count). The highest BCUT2D eigenvalue weighted by molar-refractivity contribution is 5.49. The Morgan fingerprint density at radius 3 is 2.56 bits per heavy atom. The summed E-state index contributed by atoms with van der Waals surface area (Å²) >= 11 is 0. The summed E-state index contributed by atoms with van der Waals surface area (Å²) in [6.45, 7) is 10.6. The first-order valence-electron chi connectivity index (χ1n) is 6.61. The molecule has 0 aromatic carbocycles. The first-order valence-corrected chi connectivity index (χ1v) is 6.61. The fraction of sp³-hybridized carbons (Fsp3) is 0.692. The van der Waals surface area contributed by atoms with Gasteiger partial charge in [0.25, 0.3) is 0 Å². The van der Waals surface area contributed by atoms with Crippen LogP contribution in [-0.2, 0) is 0 Å². The van der Waals surface area contributed by atoms with E-state index in [1.165, 1.54) is 0 Å². The van der Waals surface area contributed by atoms with Gasteiger partial charge in [0.05, 0.1) is 6.61 Å². The molecular weight excluding hydrogens is 228 g/mol. The van der Waals surface area contributed by atoms with Gasteiger partial charge >= 0.3 is 0 Å². The zero-order valence-corrected chi connectivity index (χ0v) is 11.8. The number of aromatic nitrogens is 2.